The maximum Gasteiger partial charge on any atom is 0.319 e. The normalized spacial score (nSPS) is 20.4. The Morgan fingerprint density at radius 3 is 2.46 bits per heavy atom. The van der Waals surface area contributed by atoms with E-state index in [4.69, 9.17) is 4.74 Å². The van der Waals surface area contributed by atoms with Gasteiger partial charge in [0.15, 0.2) is 0 Å². The van der Waals surface area contributed by atoms with E-state index < -0.39 is 6.03 Å². The first-order chi connectivity index (χ1) is 11.4. The zero-order chi connectivity index (χ0) is 17.7. The number of hydrogen-bond acceptors (Lipinski definition) is 4. The molecular formula is C17H26N4O3. The highest BCUT2D eigenvalue weighted by molar-refractivity contribution is 5.95. The molecule has 1 aromatic carbocycles. The summed E-state index contributed by atoms with van der Waals surface area (Å²) in [6, 6.07) is 7.25. The van der Waals surface area contributed by atoms with Gasteiger partial charge in [-0.2, -0.15) is 0 Å². The van der Waals surface area contributed by atoms with Gasteiger partial charge < -0.3 is 25.2 Å². The quantitative estimate of drug-likeness (QED) is 0.875. The maximum atomic E-state index is 12.1. The fourth-order valence-corrected chi connectivity index (χ4v) is 2.71. The Kier molecular flexibility index (Phi) is 6.03. The fraction of sp³-hybridized carbons (Fsp3) is 0.529. The summed E-state index contributed by atoms with van der Waals surface area (Å²) in [6.07, 6.45) is 0.265. The summed E-state index contributed by atoms with van der Waals surface area (Å²) < 4.78 is 5.76. The SMILES string of the molecule is C[C@@H]1CN(c2ccccc2NC(=O)NCC(=O)N(C)C)C[C@H](C)O1. The van der Waals surface area contributed by atoms with Crippen LogP contribution in [0.4, 0.5) is 16.2 Å². The number of carbonyl (C=O) groups excluding carboxylic acids is 2. The van der Waals surface area contributed by atoms with Crippen molar-refractivity contribution >= 4 is 23.3 Å². The van der Waals surface area contributed by atoms with Crippen molar-refractivity contribution < 1.29 is 14.3 Å². The Balaban J connectivity index is 2.03. The molecule has 0 saturated carbocycles. The predicted octanol–water partition coefficient (Wildman–Crippen LogP) is 1.51. The molecule has 2 N–H and O–H groups in total. The number of para-hydroxylation sites is 2. The zero-order valence-electron chi connectivity index (χ0n) is 14.7. The van der Waals surface area contributed by atoms with E-state index in [1.54, 1.807) is 14.1 Å². The lowest BCUT2D eigenvalue weighted by atomic mass is 10.1. The molecule has 1 aliphatic rings. The number of carbonyl (C=O) groups is 2. The van der Waals surface area contributed by atoms with Crippen molar-refractivity contribution in [2.45, 2.75) is 26.1 Å². The van der Waals surface area contributed by atoms with Gasteiger partial charge in [-0.25, -0.2) is 4.79 Å². The molecular weight excluding hydrogens is 308 g/mol. The summed E-state index contributed by atoms with van der Waals surface area (Å²) in [5.74, 6) is -0.158. The number of likely N-dealkylation sites (N-methyl/N-ethyl adjacent to an activating group) is 1. The summed E-state index contributed by atoms with van der Waals surface area (Å²) >= 11 is 0. The third-order valence-electron chi connectivity index (χ3n) is 3.81. The van der Waals surface area contributed by atoms with Crippen LogP contribution in [0.25, 0.3) is 0 Å². The summed E-state index contributed by atoms with van der Waals surface area (Å²) in [6.45, 7) is 5.58. The van der Waals surface area contributed by atoms with Crippen LogP contribution in [-0.2, 0) is 9.53 Å². The number of amides is 3. The monoisotopic (exact) mass is 334 g/mol. The van der Waals surface area contributed by atoms with E-state index >= 15 is 0 Å². The molecule has 1 heterocycles. The third kappa shape index (κ3) is 4.86. The highest BCUT2D eigenvalue weighted by atomic mass is 16.5. The van der Waals surface area contributed by atoms with E-state index in [-0.39, 0.29) is 24.7 Å². The first kappa shape index (κ1) is 18.1. The summed E-state index contributed by atoms with van der Waals surface area (Å²) in [7, 11) is 3.30. The molecule has 0 aromatic heterocycles. The van der Waals surface area contributed by atoms with Gasteiger partial charge in [0.25, 0.3) is 0 Å². The smallest absolute Gasteiger partial charge is 0.319 e. The van der Waals surface area contributed by atoms with Crippen LogP contribution in [0.15, 0.2) is 24.3 Å². The number of nitrogens with one attached hydrogen (secondary N) is 2. The second-order valence-corrected chi connectivity index (χ2v) is 6.28. The second-order valence-electron chi connectivity index (χ2n) is 6.28. The summed E-state index contributed by atoms with van der Waals surface area (Å²) in [4.78, 5) is 27.3. The molecule has 0 aliphatic carbocycles. The average molecular weight is 334 g/mol. The van der Waals surface area contributed by atoms with Gasteiger partial charge in [0, 0.05) is 27.2 Å². The van der Waals surface area contributed by atoms with Crippen molar-refractivity contribution in [3.63, 3.8) is 0 Å². The third-order valence-corrected chi connectivity index (χ3v) is 3.81. The minimum Gasteiger partial charge on any atom is -0.372 e. The molecule has 0 bridgehead atoms. The van der Waals surface area contributed by atoms with Crippen LogP contribution in [0.2, 0.25) is 0 Å². The lowest BCUT2D eigenvalue weighted by molar-refractivity contribution is -0.127. The number of benzene rings is 1. The molecule has 1 aromatic rings. The van der Waals surface area contributed by atoms with Crippen LogP contribution in [0.1, 0.15) is 13.8 Å². The highest BCUT2D eigenvalue weighted by Gasteiger charge is 2.24. The number of anilines is 2. The van der Waals surface area contributed by atoms with Crippen LogP contribution < -0.4 is 15.5 Å². The van der Waals surface area contributed by atoms with Gasteiger partial charge in [-0.15, -0.1) is 0 Å². The molecule has 0 unspecified atom stereocenters. The molecule has 1 saturated heterocycles. The van der Waals surface area contributed by atoms with Crippen molar-refractivity contribution in [3.05, 3.63) is 24.3 Å². The van der Waals surface area contributed by atoms with Crippen molar-refractivity contribution in [3.8, 4) is 0 Å². The van der Waals surface area contributed by atoms with E-state index in [1.165, 1.54) is 4.90 Å². The van der Waals surface area contributed by atoms with Gasteiger partial charge in [-0.05, 0) is 26.0 Å². The van der Waals surface area contributed by atoms with Crippen LogP contribution in [-0.4, -0.2) is 62.8 Å². The van der Waals surface area contributed by atoms with Gasteiger partial charge in [-0.3, -0.25) is 4.79 Å². The molecule has 1 fully saturated rings. The largest absolute Gasteiger partial charge is 0.372 e. The Labute approximate surface area is 142 Å². The first-order valence-electron chi connectivity index (χ1n) is 8.11. The highest BCUT2D eigenvalue weighted by Crippen LogP contribution is 2.28. The van der Waals surface area contributed by atoms with Crippen molar-refractivity contribution in [2.75, 3.05) is 43.9 Å². The molecule has 0 spiro atoms. The van der Waals surface area contributed by atoms with E-state index in [9.17, 15) is 9.59 Å². The molecule has 7 nitrogen and oxygen atoms in total. The summed E-state index contributed by atoms with van der Waals surface area (Å²) in [5, 5.41) is 5.40. The van der Waals surface area contributed by atoms with Crippen LogP contribution in [0.3, 0.4) is 0 Å². The number of ether oxygens (including phenoxy) is 1. The van der Waals surface area contributed by atoms with Crippen molar-refractivity contribution in [1.29, 1.82) is 0 Å². The Morgan fingerprint density at radius 2 is 1.83 bits per heavy atom. The van der Waals surface area contributed by atoms with Crippen LogP contribution in [0.5, 0.6) is 0 Å². The standard InChI is InChI=1S/C17H26N4O3/c1-12-10-21(11-13(2)24-12)15-8-6-5-7-14(15)19-17(23)18-9-16(22)20(3)4/h5-8,12-13H,9-11H2,1-4H3,(H2,18,19,23)/t12-,13+. The van der Waals surface area contributed by atoms with Gasteiger partial charge in [0.05, 0.1) is 30.1 Å². The average Bonchev–Trinajstić information content (AvgIpc) is 2.52. The van der Waals surface area contributed by atoms with Gasteiger partial charge in [0.1, 0.15) is 0 Å². The molecule has 2 rings (SSSR count). The molecule has 1 aliphatic heterocycles. The van der Waals surface area contributed by atoms with Crippen LogP contribution in [0, 0.1) is 0 Å². The number of rotatable bonds is 4. The van der Waals surface area contributed by atoms with Gasteiger partial charge >= 0.3 is 6.03 Å². The topological polar surface area (TPSA) is 73.9 Å². The van der Waals surface area contributed by atoms with E-state index in [1.807, 2.05) is 38.1 Å². The van der Waals surface area contributed by atoms with E-state index in [2.05, 4.69) is 15.5 Å². The Hall–Kier alpha value is -2.28. The van der Waals surface area contributed by atoms with E-state index in [0.29, 0.717) is 5.69 Å². The minimum absolute atomic E-state index is 0.0351. The van der Waals surface area contributed by atoms with Gasteiger partial charge in [0.2, 0.25) is 5.91 Å². The lowest BCUT2D eigenvalue weighted by Crippen LogP contribution is -2.46. The lowest BCUT2D eigenvalue weighted by Gasteiger charge is -2.37. The van der Waals surface area contributed by atoms with Gasteiger partial charge in [-0.1, -0.05) is 12.1 Å². The Bertz CT molecular complexity index is 581. The molecule has 24 heavy (non-hydrogen) atoms. The predicted molar refractivity (Wildman–Crippen MR) is 94.4 cm³/mol. The van der Waals surface area contributed by atoms with Crippen molar-refractivity contribution in [2.24, 2.45) is 0 Å². The maximum absolute atomic E-state index is 12.1. The van der Waals surface area contributed by atoms with E-state index in [0.717, 1.165) is 18.8 Å². The zero-order valence-corrected chi connectivity index (χ0v) is 14.7. The molecule has 2 atom stereocenters. The number of morpholine rings is 1. The number of urea groups is 1. The van der Waals surface area contributed by atoms with Crippen LogP contribution >= 0.6 is 0 Å². The molecule has 7 heteroatoms. The van der Waals surface area contributed by atoms with Crippen molar-refractivity contribution in [1.82, 2.24) is 10.2 Å². The Morgan fingerprint density at radius 1 is 1.21 bits per heavy atom. The number of hydrogen-bond donors (Lipinski definition) is 2. The second kappa shape index (κ2) is 8.01. The fourth-order valence-electron chi connectivity index (χ4n) is 2.71. The molecule has 3 amide bonds. The molecule has 0 radical (unpaired) electrons. The minimum atomic E-state index is -0.396. The first-order valence-corrected chi connectivity index (χ1v) is 8.11. The summed E-state index contributed by atoms with van der Waals surface area (Å²) in [5.41, 5.74) is 1.67. The molecule has 132 valence electrons. The number of nitrogens with zero attached hydrogens (tertiary/aromatic N) is 2.